The lowest BCUT2D eigenvalue weighted by Crippen LogP contribution is -2.32. The highest BCUT2D eigenvalue weighted by Gasteiger charge is 2.39. The molecule has 2 atom stereocenters. The van der Waals surface area contributed by atoms with Gasteiger partial charge in [-0.1, -0.05) is 6.07 Å². The van der Waals surface area contributed by atoms with Gasteiger partial charge in [0.05, 0.1) is 22.5 Å². The fourth-order valence-corrected chi connectivity index (χ4v) is 6.79. The SMILES string of the molecule is COc1cccc(S(=O)(=O)c2ccc3c(c2C(=O)OC(C)(C)C)c2c(n3C)CC3CCC2N3)c1. The van der Waals surface area contributed by atoms with Gasteiger partial charge in [0, 0.05) is 42.1 Å². The molecule has 0 radical (unpaired) electrons. The van der Waals surface area contributed by atoms with Crippen LogP contribution in [0.25, 0.3) is 10.9 Å². The third-order valence-corrected chi connectivity index (χ3v) is 8.56. The number of aromatic nitrogens is 1. The number of carbonyl (C=O) groups is 1. The van der Waals surface area contributed by atoms with Crippen molar-refractivity contribution in [2.24, 2.45) is 7.05 Å². The summed E-state index contributed by atoms with van der Waals surface area (Å²) in [5.74, 6) is -0.202. The van der Waals surface area contributed by atoms with Gasteiger partial charge in [0.2, 0.25) is 9.84 Å². The summed E-state index contributed by atoms with van der Waals surface area (Å²) in [7, 11) is -0.561. The average molecular weight is 483 g/mol. The zero-order chi connectivity index (χ0) is 24.4. The molecule has 2 bridgehead atoms. The van der Waals surface area contributed by atoms with Gasteiger partial charge in [0.25, 0.3) is 0 Å². The van der Waals surface area contributed by atoms with Crippen LogP contribution in [-0.4, -0.2) is 37.7 Å². The van der Waals surface area contributed by atoms with Crippen LogP contribution in [-0.2, 0) is 28.0 Å². The second-order valence-electron chi connectivity index (χ2n) is 10.1. The van der Waals surface area contributed by atoms with E-state index >= 15 is 0 Å². The van der Waals surface area contributed by atoms with Crippen LogP contribution in [0.2, 0.25) is 0 Å². The van der Waals surface area contributed by atoms with Gasteiger partial charge >= 0.3 is 5.97 Å². The summed E-state index contributed by atoms with van der Waals surface area (Å²) in [6.45, 7) is 5.35. The van der Waals surface area contributed by atoms with Crippen LogP contribution >= 0.6 is 0 Å². The van der Waals surface area contributed by atoms with Gasteiger partial charge in [0.1, 0.15) is 11.4 Å². The highest BCUT2D eigenvalue weighted by molar-refractivity contribution is 7.91. The molecule has 3 aromatic rings. The number of esters is 1. The van der Waals surface area contributed by atoms with E-state index in [-0.39, 0.29) is 21.4 Å². The van der Waals surface area contributed by atoms with Crippen LogP contribution in [0.15, 0.2) is 46.2 Å². The van der Waals surface area contributed by atoms with E-state index in [1.165, 1.54) is 25.3 Å². The molecular formula is C26H30N2O5S. The summed E-state index contributed by atoms with van der Waals surface area (Å²) < 4.78 is 40.9. The molecular weight excluding hydrogens is 452 g/mol. The second-order valence-corrected chi connectivity index (χ2v) is 12.1. The molecule has 2 aliphatic rings. The number of sulfone groups is 1. The van der Waals surface area contributed by atoms with Crippen molar-refractivity contribution in [2.75, 3.05) is 7.11 Å². The molecule has 3 heterocycles. The molecule has 0 aliphatic carbocycles. The Balaban J connectivity index is 1.82. The summed E-state index contributed by atoms with van der Waals surface area (Å²) in [4.78, 5) is 13.7. The van der Waals surface area contributed by atoms with Crippen molar-refractivity contribution in [3.8, 4) is 5.75 Å². The first-order chi connectivity index (χ1) is 16.0. The van der Waals surface area contributed by atoms with Crippen LogP contribution in [0.3, 0.4) is 0 Å². The Morgan fingerprint density at radius 2 is 1.91 bits per heavy atom. The maximum atomic E-state index is 13.9. The molecule has 5 rings (SSSR count). The first-order valence-corrected chi connectivity index (χ1v) is 13.0. The summed E-state index contributed by atoms with van der Waals surface area (Å²) in [5, 5.41) is 4.31. The third-order valence-electron chi connectivity index (χ3n) is 6.76. The van der Waals surface area contributed by atoms with Crippen molar-refractivity contribution in [1.29, 1.82) is 0 Å². The Hall–Kier alpha value is -2.84. The van der Waals surface area contributed by atoms with E-state index in [0.717, 1.165) is 36.0 Å². The smallest absolute Gasteiger partial charge is 0.340 e. The summed E-state index contributed by atoms with van der Waals surface area (Å²) in [6.07, 6.45) is 2.87. The standard InChI is InChI=1S/C26H30N2O5S/c1-26(2,3)33-25(29)24-21(34(30,31)17-8-6-7-16(14-17)32-5)12-11-19-23(24)22-18-10-9-15(27-18)13-20(22)28(19)4/h6-8,11-12,14-15,18,27H,9-10,13H2,1-5H3. The van der Waals surface area contributed by atoms with E-state index in [9.17, 15) is 13.2 Å². The molecule has 1 N–H and O–H groups in total. The Labute approximate surface area is 200 Å². The van der Waals surface area contributed by atoms with Gasteiger partial charge in [-0.15, -0.1) is 0 Å². The zero-order valence-corrected chi connectivity index (χ0v) is 21.0. The third kappa shape index (κ3) is 3.60. The molecule has 2 unspecified atom stereocenters. The topological polar surface area (TPSA) is 86.6 Å². The predicted molar refractivity (Wildman–Crippen MR) is 129 cm³/mol. The van der Waals surface area contributed by atoms with Gasteiger partial charge < -0.3 is 19.4 Å². The van der Waals surface area contributed by atoms with Gasteiger partial charge in [-0.25, -0.2) is 13.2 Å². The monoisotopic (exact) mass is 482 g/mol. The van der Waals surface area contributed by atoms with Crippen LogP contribution in [0.1, 0.15) is 61.3 Å². The highest BCUT2D eigenvalue weighted by atomic mass is 32.2. The number of methoxy groups -OCH3 is 1. The Bertz CT molecular complexity index is 1420. The van der Waals surface area contributed by atoms with Gasteiger partial charge in [0.15, 0.2) is 0 Å². The minimum Gasteiger partial charge on any atom is -0.497 e. The Kier molecular flexibility index (Phi) is 5.29. The largest absolute Gasteiger partial charge is 0.497 e. The Morgan fingerprint density at radius 1 is 1.15 bits per heavy atom. The first kappa shape index (κ1) is 22.9. The van der Waals surface area contributed by atoms with Crippen molar-refractivity contribution in [3.05, 3.63) is 53.2 Å². The molecule has 8 heteroatoms. The van der Waals surface area contributed by atoms with E-state index in [1.54, 1.807) is 32.9 Å². The minimum absolute atomic E-state index is 0.0453. The van der Waals surface area contributed by atoms with Crippen LogP contribution in [0.5, 0.6) is 5.75 Å². The van der Waals surface area contributed by atoms with Crippen molar-refractivity contribution < 1.29 is 22.7 Å². The molecule has 1 saturated heterocycles. The normalized spacial score (nSPS) is 19.8. The second kappa shape index (κ2) is 7.85. The molecule has 0 spiro atoms. The van der Waals surface area contributed by atoms with Gasteiger partial charge in [-0.2, -0.15) is 0 Å². The predicted octanol–water partition coefficient (Wildman–Crippen LogP) is 4.32. The molecule has 1 fully saturated rings. The number of rotatable bonds is 4. The molecule has 1 aromatic heterocycles. The van der Waals surface area contributed by atoms with Crippen molar-refractivity contribution in [3.63, 3.8) is 0 Å². The van der Waals surface area contributed by atoms with Crippen molar-refractivity contribution in [2.45, 2.75) is 67.5 Å². The fraction of sp³-hybridized carbons (Fsp3) is 0.423. The number of carbonyl (C=O) groups excluding carboxylic acids is 1. The van der Waals surface area contributed by atoms with E-state index in [2.05, 4.69) is 9.88 Å². The number of ether oxygens (including phenoxy) is 2. The molecule has 34 heavy (non-hydrogen) atoms. The van der Waals surface area contributed by atoms with Gasteiger partial charge in [-0.05, 0) is 69.5 Å². The Morgan fingerprint density at radius 3 is 2.62 bits per heavy atom. The molecule has 0 saturated carbocycles. The minimum atomic E-state index is -4.04. The lowest BCUT2D eigenvalue weighted by molar-refractivity contribution is 0.00675. The molecule has 7 nitrogen and oxygen atoms in total. The summed E-state index contributed by atoms with van der Waals surface area (Å²) in [6, 6.07) is 10.2. The maximum absolute atomic E-state index is 13.9. The number of nitrogens with one attached hydrogen (secondary N) is 1. The summed E-state index contributed by atoms with van der Waals surface area (Å²) >= 11 is 0. The quantitative estimate of drug-likeness (QED) is 0.557. The highest BCUT2D eigenvalue weighted by Crippen LogP contribution is 2.44. The first-order valence-electron chi connectivity index (χ1n) is 11.5. The number of nitrogens with zero attached hydrogens (tertiary/aromatic N) is 1. The molecule has 2 aliphatic heterocycles. The van der Waals surface area contributed by atoms with E-state index in [0.29, 0.717) is 17.2 Å². The van der Waals surface area contributed by atoms with E-state index in [1.807, 2.05) is 13.1 Å². The number of hydrogen-bond donors (Lipinski definition) is 1. The zero-order valence-electron chi connectivity index (χ0n) is 20.1. The number of aryl methyl sites for hydroxylation is 1. The summed E-state index contributed by atoms with van der Waals surface area (Å²) in [5.41, 5.74) is 2.35. The molecule has 180 valence electrons. The van der Waals surface area contributed by atoms with Crippen molar-refractivity contribution in [1.82, 2.24) is 9.88 Å². The number of hydrogen-bond acceptors (Lipinski definition) is 6. The van der Waals surface area contributed by atoms with Gasteiger partial charge in [-0.3, -0.25) is 0 Å². The van der Waals surface area contributed by atoms with Crippen LogP contribution in [0, 0.1) is 0 Å². The van der Waals surface area contributed by atoms with Crippen LogP contribution < -0.4 is 10.1 Å². The lowest BCUT2D eigenvalue weighted by atomic mass is 9.96. The lowest BCUT2D eigenvalue weighted by Gasteiger charge is -2.24. The fourth-order valence-electron chi connectivity index (χ4n) is 5.31. The van der Waals surface area contributed by atoms with Crippen molar-refractivity contribution >= 4 is 26.7 Å². The van der Waals surface area contributed by atoms with Crippen LogP contribution in [0.4, 0.5) is 0 Å². The number of fused-ring (bicyclic) bond motifs is 6. The maximum Gasteiger partial charge on any atom is 0.340 e. The average Bonchev–Trinajstić information content (AvgIpc) is 3.30. The van der Waals surface area contributed by atoms with E-state index < -0.39 is 21.4 Å². The van der Waals surface area contributed by atoms with E-state index in [4.69, 9.17) is 9.47 Å². The molecule has 2 aromatic carbocycles. The number of benzene rings is 2. The molecule has 0 amide bonds.